The number of ether oxygens (including phenoxy) is 3. The lowest BCUT2D eigenvalue weighted by atomic mass is 10.1. The van der Waals surface area contributed by atoms with E-state index in [2.05, 4.69) is 18.8 Å². The van der Waals surface area contributed by atoms with E-state index < -0.39 is 5.97 Å². The molecule has 0 heterocycles. The molecule has 0 aliphatic carbocycles. The lowest BCUT2D eigenvalue weighted by Gasteiger charge is -2.15. The first kappa shape index (κ1) is 24.7. The van der Waals surface area contributed by atoms with Crippen LogP contribution in [0.15, 0.2) is 77.8 Å². The zero-order valence-corrected chi connectivity index (χ0v) is 19.9. The number of carbonyl (C=O) groups is 2. The molecule has 0 bridgehead atoms. The van der Waals surface area contributed by atoms with E-state index >= 15 is 0 Å². The molecule has 1 atom stereocenters. The standard InChI is InChI=1S/C28H29NO5/c1-19(2)17-20(3)33-27(30)22-7-11-24(12-8-22)29-18-21-5-13-26(14-6-21)34-28(31)23-9-15-25(32-4)16-10-23/h5-16,18-20H,17H2,1-4H3. The van der Waals surface area contributed by atoms with E-state index in [0.29, 0.717) is 34.2 Å². The summed E-state index contributed by atoms with van der Waals surface area (Å²) in [6.45, 7) is 6.10. The van der Waals surface area contributed by atoms with Gasteiger partial charge >= 0.3 is 11.9 Å². The Bertz CT molecular complexity index is 1120. The number of hydrogen-bond acceptors (Lipinski definition) is 6. The van der Waals surface area contributed by atoms with Crippen molar-refractivity contribution < 1.29 is 23.8 Å². The third kappa shape index (κ3) is 7.30. The summed E-state index contributed by atoms with van der Waals surface area (Å²) in [4.78, 5) is 29.0. The Morgan fingerprint density at radius 1 is 0.794 bits per heavy atom. The molecule has 0 radical (unpaired) electrons. The number of carbonyl (C=O) groups excluding carboxylic acids is 2. The van der Waals surface area contributed by atoms with Gasteiger partial charge in [-0.25, -0.2) is 9.59 Å². The Balaban J connectivity index is 1.55. The van der Waals surface area contributed by atoms with Crippen LogP contribution in [-0.2, 0) is 4.74 Å². The van der Waals surface area contributed by atoms with Crippen molar-refractivity contribution in [3.63, 3.8) is 0 Å². The van der Waals surface area contributed by atoms with Crippen LogP contribution < -0.4 is 9.47 Å². The van der Waals surface area contributed by atoms with Crippen LogP contribution in [0.1, 0.15) is 53.5 Å². The summed E-state index contributed by atoms with van der Waals surface area (Å²) in [6, 6.07) is 20.7. The maximum absolute atomic E-state index is 12.3. The molecule has 3 aromatic rings. The Morgan fingerprint density at radius 3 is 1.94 bits per heavy atom. The molecule has 0 saturated heterocycles. The molecule has 0 N–H and O–H groups in total. The van der Waals surface area contributed by atoms with E-state index in [-0.39, 0.29) is 12.1 Å². The highest BCUT2D eigenvalue weighted by Crippen LogP contribution is 2.18. The van der Waals surface area contributed by atoms with Crippen LogP contribution in [0.4, 0.5) is 5.69 Å². The van der Waals surface area contributed by atoms with Gasteiger partial charge in [-0.3, -0.25) is 4.99 Å². The number of rotatable bonds is 9. The number of nitrogens with zero attached hydrogens (tertiary/aromatic N) is 1. The van der Waals surface area contributed by atoms with Crippen LogP contribution in [0.5, 0.6) is 11.5 Å². The third-order valence-corrected chi connectivity index (χ3v) is 4.99. The van der Waals surface area contributed by atoms with Crippen LogP contribution >= 0.6 is 0 Å². The first-order valence-electron chi connectivity index (χ1n) is 11.2. The van der Waals surface area contributed by atoms with E-state index in [9.17, 15) is 9.59 Å². The van der Waals surface area contributed by atoms with Gasteiger partial charge in [0.25, 0.3) is 0 Å². The summed E-state index contributed by atoms with van der Waals surface area (Å²) in [5.74, 6) is 0.803. The minimum atomic E-state index is -0.443. The van der Waals surface area contributed by atoms with Crippen molar-refractivity contribution in [3.05, 3.63) is 89.5 Å². The van der Waals surface area contributed by atoms with Gasteiger partial charge in [0.15, 0.2) is 0 Å². The van der Waals surface area contributed by atoms with Crippen molar-refractivity contribution in [3.8, 4) is 11.5 Å². The molecule has 1 unspecified atom stereocenters. The molecule has 0 amide bonds. The van der Waals surface area contributed by atoms with E-state index in [4.69, 9.17) is 14.2 Å². The van der Waals surface area contributed by atoms with Crippen molar-refractivity contribution >= 4 is 23.8 Å². The highest BCUT2D eigenvalue weighted by molar-refractivity contribution is 5.91. The highest BCUT2D eigenvalue weighted by atomic mass is 16.5. The lowest BCUT2D eigenvalue weighted by molar-refractivity contribution is 0.0299. The van der Waals surface area contributed by atoms with E-state index in [1.54, 1.807) is 74.0 Å². The zero-order chi connectivity index (χ0) is 24.5. The Labute approximate surface area is 200 Å². The second-order valence-corrected chi connectivity index (χ2v) is 8.34. The third-order valence-electron chi connectivity index (χ3n) is 4.99. The first-order valence-corrected chi connectivity index (χ1v) is 11.2. The average Bonchev–Trinajstić information content (AvgIpc) is 2.83. The van der Waals surface area contributed by atoms with Gasteiger partial charge in [0.05, 0.1) is 30.0 Å². The Hall–Kier alpha value is -3.93. The maximum atomic E-state index is 12.3. The van der Waals surface area contributed by atoms with Crippen LogP contribution in [0.2, 0.25) is 0 Å². The molecule has 3 aromatic carbocycles. The largest absolute Gasteiger partial charge is 0.497 e. The van der Waals surface area contributed by atoms with E-state index in [0.717, 1.165) is 12.0 Å². The van der Waals surface area contributed by atoms with Crippen LogP contribution in [0.25, 0.3) is 0 Å². The summed E-state index contributed by atoms with van der Waals surface area (Å²) >= 11 is 0. The molecule has 176 valence electrons. The summed E-state index contributed by atoms with van der Waals surface area (Å²) in [5, 5.41) is 0. The van der Waals surface area contributed by atoms with Gasteiger partial charge in [-0.1, -0.05) is 13.8 Å². The number of esters is 2. The highest BCUT2D eigenvalue weighted by Gasteiger charge is 2.13. The summed E-state index contributed by atoms with van der Waals surface area (Å²) in [6.07, 6.45) is 2.41. The number of hydrogen-bond donors (Lipinski definition) is 0. The van der Waals surface area contributed by atoms with Gasteiger partial charge < -0.3 is 14.2 Å². The molecule has 0 saturated carbocycles. The van der Waals surface area contributed by atoms with Crippen molar-refractivity contribution in [2.24, 2.45) is 10.9 Å². The molecule has 0 fully saturated rings. The molecule has 0 aromatic heterocycles. The van der Waals surface area contributed by atoms with Crippen molar-refractivity contribution in [1.29, 1.82) is 0 Å². The summed E-state index contributed by atoms with van der Waals surface area (Å²) in [5.41, 5.74) is 2.49. The predicted octanol–water partition coefficient (Wildman–Crippen LogP) is 6.26. The zero-order valence-electron chi connectivity index (χ0n) is 19.9. The van der Waals surface area contributed by atoms with Crippen LogP contribution in [-0.4, -0.2) is 31.4 Å². The second kappa shape index (κ2) is 11.8. The van der Waals surface area contributed by atoms with Gasteiger partial charge in [-0.15, -0.1) is 0 Å². The van der Waals surface area contributed by atoms with Crippen LogP contribution in [0.3, 0.4) is 0 Å². The molecule has 0 aliphatic heterocycles. The maximum Gasteiger partial charge on any atom is 0.343 e. The van der Waals surface area contributed by atoms with E-state index in [1.165, 1.54) is 0 Å². The number of methoxy groups -OCH3 is 1. The van der Waals surface area contributed by atoms with Gasteiger partial charge in [0, 0.05) is 6.21 Å². The molecule has 34 heavy (non-hydrogen) atoms. The monoisotopic (exact) mass is 459 g/mol. The van der Waals surface area contributed by atoms with Gasteiger partial charge in [-0.2, -0.15) is 0 Å². The topological polar surface area (TPSA) is 74.2 Å². The second-order valence-electron chi connectivity index (χ2n) is 8.34. The van der Waals surface area contributed by atoms with E-state index in [1.807, 2.05) is 19.1 Å². The van der Waals surface area contributed by atoms with Crippen molar-refractivity contribution in [2.45, 2.75) is 33.3 Å². The normalized spacial score (nSPS) is 11.9. The van der Waals surface area contributed by atoms with Crippen molar-refractivity contribution in [2.75, 3.05) is 7.11 Å². The molecule has 3 rings (SSSR count). The molecule has 0 aliphatic rings. The fourth-order valence-electron chi connectivity index (χ4n) is 3.31. The fourth-order valence-corrected chi connectivity index (χ4v) is 3.31. The minimum Gasteiger partial charge on any atom is -0.497 e. The Morgan fingerprint density at radius 2 is 1.35 bits per heavy atom. The molecule has 6 nitrogen and oxygen atoms in total. The van der Waals surface area contributed by atoms with Crippen LogP contribution in [0, 0.1) is 5.92 Å². The molecule has 0 spiro atoms. The van der Waals surface area contributed by atoms with Crippen molar-refractivity contribution in [1.82, 2.24) is 0 Å². The number of benzene rings is 3. The molecular weight excluding hydrogens is 430 g/mol. The average molecular weight is 460 g/mol. The lowest BCUT2D eigenvalue weighted by Crippen LogP contribution is -2.16. The van der Waals surface area contributed by atoms with Gasteiger partial charge in [0.1, 0.15) is 11.5 Å². The van der Waals surface area contributed by atoms with Gasteiger partial charge in [-0.05, 0) is 97.6 Å². The number of aliphatic imine (C=N–C) groups is 1. The fraction of sp³-hybridized carbons (Fsp3) is 0.250. The smallest absolute Gasteiger partial charge is 0.343 e. The van der Waals surface area contributed by atoms with Gasteiger partial charge in [0.2, 0.25) is 0 Å². The molecular formula is C28H29NO5. The quantitative estimate of drug-likeness (QED) is 0.215. The minimum absolute atomic E-state index is 0.122. The molecule has 6 heteroatoms. The predicted molar refractivity (Wildman–Crippen MR) is 132 cm³/mol. The first-order chi connectivity index (χ1) is 16.3. The summed E-state index contributed by atoms with van der Waals surface area (Å²) < 4.78 is 16.0. The summed E-state index contributed by atoms with van der Waals surface area (Å²) in [7, 11) is 1.57. The Kier molecular flexibility index (Phi) is 8.57. The SMILES string of the molecule is COc1ccc(C(=O)Oc2ccc(C=Nc3ccc(C(=O)OC(C)CC(C)C)cc3)cc2)cc1.